The highest BCUT2D eigenvalue weighted by Crippen LogP contribution is 2.10. The van der Waals surface area contributed by atoms with Gasteiger partial charge in [-0.2, -0.15) is 0 Å². The van der Waals surface area contributed by atoms with Gasteiger partial charge in [-0.3, -0.25) is 14.5 Å². The Balaban J connectivity index is 2.51. The van der Waals surface area contributed by atoms with E-state index >= 15 is 0 Å². The molecular weight excluding hydrogens is 324 g/mol. The van der Waals surface area contributed by atoms with Gasteiger partial charge in [-0.25, -0.2) is 4.98 Å². The van der Waals surface area contributed by atoms with E-state index in [2.05, 4.69) is 26.2 Å². The van der Waals surface area contributed by atoms with Gasteiger partial charge in [0.2, 0.25) is 11.8 Å². The van der Waals surface area contributed by atoms with Crippen LogP contribution in [0.5, 0.6) is 0 Å². The first-order chi connectivity index (χ1) is 9.51. The number of carbonyl (C=O) groups is 2. The molecule has 7 heteroatoms. The van der Waals surface area contributed by atoms with Gasteiger partial charge >= 0.3 is 0 Å². The van der Waals surface area contributed by atoms with Gasteiger partial charge in [-0.15, -0.1) is 0 Å². The minimum Gasteiger partial charge on any atom is -0.369 e. The molecule has 1 aromatic rings. The molecule has 1 rings (SSSR count). The second-order valence-corrected chi connectivity index (χ2v) is 5.36. The summed E-state index contributed by atoms with van der Waals surface area (Å²) in [7, 11) is 0. The number of rotatable bonds is 8. The van der Waals surface area contributed by atoms with Crippen molar-refractivity contribution in [3.8, 4) is 0 Å². The van der Waals surface area contributed by atoms with Gasteiger partial charge in [0.15, 0.2) is 0 Å². The largest absolute Gasteiger partial charge is 0.369 e. The van der Waals surface area contributed by atoms with E-state index in [4.69, 9.17) is 5.73 Å². The molecule has 0 aromatic carbocycles. The fraction of sp³-hybridized carbons (Fsp3) is 0.462. The van der Waals surface area contributed by atoms with Gasteiger partial charge in [0.1, 0.15) is 5.82 Å². The van der Waals surface area contributed by atoms with E-state index in [0.29, 0.717) is 12.4 Å². The van der Waals surface area contributed by atoms with E-state index in [9.17, 15) is 9.59 Å². The van der Waals surface area contributed by atoms with Crippen molar-refractivity contribution in [2.45, 2.75) is 19.8 Å². The number of carbonyl (C=O) groups excluding carboxylic acids is 2. The summed E-state index contributed by atoms with van der Waals surface area (Å²) in [6.07, 6.45) is 3.51. The van der Waals surface area contributed by atoms with E-state index in [-0.39, 0.29) is 19.0 Å². The summed E-state index contributed by atoms with van der Waals surface area (Å²) in [6, 6.07) is 3.49. The highest BCUT2D eigenvalue weighted by Gasteiger charge is 2.13. The van der Waals surface area contributed by atoms with Gasteiger partial charge < -0.3 is 11.1 Å². The van der Waals surface area contributed by atoms with Crippen LogP contribution >= 0.6 is 15.9 Å². The lowest BCUT2D eigenvalue weighted by Crippen LogP contribution is -2.39. The van der Waals surface area contributed by atoms with Gasteiger partial charge in [-0.05, 0) is 41.0 Å². The molecular formula is C13H19BrN4O2. The number of aromatic nitrogens is 1. The number of unbranched alkanes of at least 4 members (excludes halogenated alkanes) is 1. The van der Waals surface area contributed by atoms with Crippen molar-refractivity contribution in [2.75, 3.05) is 25.0 Å². The lowest BCUT2D eigenvalue weighted by Gasteiger charge is -2.19. The number of nitrogens with one attached hydrogen (secondary N) is 1. The summed E-state index contributed by atoms with van der Waals surface area (Å²) in [5, 5.41) is 2.68. The van der Waals surface area contributed by atoms with Crippen molar-refractivity contribution in [2.24, 2.45) is 5.73 Å². The fourth-order valence-electron chi connectivity index (χ4n) is 1.65. The van der Waals surface area contributed by atoms with E-state index in [0.717, 1.165) is 17.3 Å². The number of anilines is 1. The molecule has 0 saturated heterocycles. The molecule has 6 nitrogen and oxygen atoms in total. The second kappa shape index (κ2) is 8.65. The third-order valence-corrected chi connectivity index (χ3v) is 3.04. The Morgan fingerprint density at radius 2 is 2.15 bits per heavy atom. The van der Waals surface area contributed by atoms with Gasteiger partial charge in [-0.1, -0.05) is 13.3 Å². The van der Waals surface area contributed by atoms with Crippen LogP contribution in [0.15, 0.2) is 22.8 Å². The highest BCUT2D eigenvalue weighted by atomic mass is 79.9. The number of amides is 2. The topological polar surface area (TPSA) is 88.3 Å². The van der Waals surface area contributed by atoms with Crippen LogP contribution in [-0.2, 0) is 9.59 Å². The zero-order valence-corrected chi connectivity index (χ0v) is 13.0. The van der Waals surface area contributed by atoms with Crippen LogP contribution in [0.1, 0.15) is 19.8 Å². The number of halogens is 1. The molecule has 0 aliphatic rings. The van der Waals surface area contributed by atoms with Gasteiger partial charge in [0.25, 0.3) is 0 Å². The summed E-state index contributed by atoms with van der Waals surface area (Å²) in [4.78, 5) is 28.7. The molecule has 3 N–H and O–H groups in total. The van der Waals surface area contributed by atoms with Crippen LogP contribution in [0.25, 0.3) is 0 Å². The van der Waals surface area contributed by atoms with Crippen LogP contribution in [-0.4, -0.2) is 41.3 Å². The smallest absolute Gasteiger partial charge is 0.239 e. The quantitative estimate of drug-likeness (QED) is 0.746. The Hall–Kier alpha value is -1.47. The Morgan fingerprint density at radius 3 is 2.70 bits per heavy atom. The van der Waals surface area contributed by atoms with Crippen molar-refractivity contribution < 1.29 is 9.59 Å². The molecule has 2 amide bonds. The van der Waals surface area contributed by atoms with E-state index < -0.39 is 5.91 Å². The Kier molecular flexibility index (Phi) is 7.17. The molecule has 0 aliphatic heterocycles. The molecule has 0 unspecified atom stereocenters. The Bertz CT molecular complexity index is 450. The van der Waals surface area contributed by atoms with Crippen molar-refractivity contribution >= 4 is 33.6 Å². The molecule has 0 radical (unpaired) electrons. The predicted molar refractivity (Wildman–Crippen MR) is 81.1 cm³/mol. The van der Waals surface area contributed by atoms with Gasteiger partial charge in [0.05, 0.1) is 13.1 Å². The third kappa shape index (κ3) is 6.63. The molecule has 1 aromatic heterocycles. The van der Waals surface area contributed by atoms with E-state index in [1.54, 1.807) is 23.2 Å². The number of hydrogen-bond donors (Lipinski definition) is 2. The molecule has 110 valence electrons. The average Bonchev–Trinajstić information content (AvgIpc) is 2.38. The molecule has 0 saturated carbocycles. The van der Waals surface area contributed by atoms with Crippen LogP contribution in [0, 0.1) is 0 Å². The SMILES string of the molecule is CCCCN(CC(N)=O)CC(=O)Nc1ccc(Br)cn1. The molecule has 0 spiro atoms. The summed E-state index contributed by atoms with van der Waals surface area (Å²) < 4.78 is 0.841. The minimum atomic E-state index is -0.435. The minimum absolute atomic E-state index is 0.0845. The first kappa shape index (κ1) is 16.6. The first-order valence-electron chi connectivity index (χ1n) is 6.43. The first-order valence-corrected chi connectivity index (χ1v) is 7.22. The zero-order chi connectivity index (χ0) is 15.0. The van der Waals surface area contributed by atoms with Crippen molar-refractivity contribution in [3.05, 3.63) is 22.8 Å². The third-order valence-electron chi connectivity index (χ3n) is 2.57. The van der Waals surface area contributed by atoms with Crippen LogP contribution in [0.2, 0.25) is 0 Å². The summed E-state index contributed by atoms with van der Waals surface area (Å²) in [6.45, 7) is 2.93. The number of nitrogens with zero attached hydrogens (tertiary/aromatic N) is 2. The van der Waals surface area contributed by atoms with E-state index in [1.807, 2.05) is 6.92 Å². The molecule has 0 atom stereocenters. The van der Waals surface area contributed by atoms with Crippen molar-refractivity contribution in [1.29, 1.82) is 0 Å². The van der Waals surface area contributed by atoms with Crippen molar-refractivity contribution in [3.63, 3.8) is 0 Å². The number of hydrogen-bond acceptors (Lipinski definition) is 4. The second-order valence-electron chi connectivity index (χ2n) is 4.44. The summed E-state index contributed by atoms with van der Waals surface area (Å²) in [5.74, 6) is -0.166. The fourth-order valence-corrected chi connectivity index (χ4v) is 1.89. The zero-order valence-electron chi connectivity index (χ0n) is 11.4. The van der Waals surface area contributed by atoms with Gasteiger partial charge in [0, 0.05) is 10.7 Å². The lowest BCUT2D eigenvalue weighted by molar-refractivity contribution is -0.121. The molecule has 0 bridgehead atoms. The number of nitrogens with two attached hydrogens (primary N) is 1. The van der Waals surface area contributed by atoms with E-state index in [1.165, 1.54) is 0 Å². The predicted octanol–water partition coefficient (Wildman–Crippen LogP) is 1.37. The molecule has 0 fully saturated rings. The van der Waals surface area contributed by atoms with Crippen molar-refractivity contribution in [1.82, 2.24) is 9.88 Å². The molecule has 0 aliphatic carbocycles. The molecule has 20 heavy (non-hydrogen) atoms. The van der Waals surface area contributed by atoms with Crippen LogP contribution in [0.4, 0.5) is 5.82 Å². The highest BCUT2D eigenvalue weighted by molar-refractivity contribution is 9.10. The summed E-state index contributed by atoms with van der Waals surface area (Å²) >= 11 is 3.27. The maximum atomic E-state index is 11.9. The lowest BCUT2D eigenvalue weighted by atomic mass is 10.3. The molecule has 1 heterocycles. The maximum Gasteiger partial charge on any atom is 0.239 e. The number of pyridine rings is 1. The monoisotopic (exact) mass is 342 g/mol. The standard InChI is InChI=1S/C13H19BrN4O2/c1-2-3-6-18(8-11(15)19)9-13(20)17-12-5-4-10(14)7-16-12/h4-5,7H,2-3,6,8-9H2,1H3,(H2,15,19)(H,16,17,20). The normalized spacial score (nSPS) is 10.6. The maximum absolute atomic E-state index is 11.9. The average molecular weight is 343 g/mol. The van der Waals surface area contributed by atoms with Crippen LogP contribution in [0.3, 0.4) is 0 Å². The Morgan fingerprint density at radius 1 is 1.40 bits per heavy atom. The summed E-state index contributed by atoms with van der Waals surface area (Å²) in [5.41, 5.74) is 5.18. The van der Waals surface area contributed by atoms with Crippen LogP contribution < -0.4 is 11.1 Å². The Labute approximate surface area is 126 Å². The number of primary amides is 1.